The van der Waals surface area contributed by atoms with E-state index in [4.69, 9.17) is 26.9 Å². The highest BCUT2D eigenvalue weighted by Gasteiger charge is 2.23. The Hall–Kier alpha value is -3.99. The van der Waals surface area contributed by atoms with Crippen molar-refractivity contribution in [3.05, 3.63) is 71.1 Å². The van der Waals surface area contributed by atoms with Crippen LogP contribution in [-0.2, 0) is 4.79 Å². The number of benzene rings is 2. The van der Waals surface area contributed by atoms with Gasteiger partial charge in [-0.25, -0.2) is 0 Å². The van der Waals surface area contributed by atoms with Crippen LogP contribution in [0.15, 0.2) is 59.9 Å². The van der Waals surface area contributed by atoms with E-state index in [-0.39, 0.29) is 23.1 Å². The van der Waals surface area contributed by atoms with Gasteiger partial charge in [0.2, 0.25) is 0 Å². The van der Waals surface area contributed by atoms with Crippen LogP contribution in [-0.4, -0.2) is 35.7 Å². The summed E-state index contributed by atoms with van der Waals surface area (Å²) in [4.78, 5) is 13.7. The van der Waals surface area contributed by atoms with Crippen molar-refractivity contribution in [1.82, 2.24) is 10.2 Å². The number of carbonyl (C=O) groups excluding carboxylic acids is 1. The van der Waals surface area contributed by atoms with E-state index in [0.717, 1.165) is 18.4 Å². The quantitative estimate of drug-likeness (QED) is 0.309. The molecule has 2 aromatic carbocycles. The first-order chi connectivity index (χ1) is 14.9. The number of hydrogen-bond acceptors (Lipinski definition) is 7. The van der Waals surface area contributed by atoms with E-state index in [0.29, 0.717) is 30.2 Å². The van der Waals surface area contributed by atoms with Crippen molar-refractivity contribution >= 4 is 11.6 Å². The molecule has 1 saturated heterocycles. The van der Waals surface area contributed by atoms with Crippen molar-refractivity contribution in [1.29, 1.82) is 10.7 Å². The van der Waals surface area contributed by atoms with Gasteiger partial charge in [-0.3, -0.25) is 10.2 Å². The van der Waals surface area contributed by atoms with Crippen LogP contribution in [0.25, 0.3) is 0 Å². The molecule has 2 aromatic rings. The summed E-state index contributed by atoms with van der Waals surface area (Å²) in [6.45, 7) is 3.19. The second-order valence-electron chi connectivity index (χ2n) is 7.50. The summed E-state index contributed by atoms with van der Waals surface area (Å²) >= 11 is 0. The van der Waals surface area contributed by atoms with Gasteiger partial charge < -0.3 is 26.4 Å². The van der Waals surface area contributed by atoms with Gasteiger partial charge in [-0.15, -0.1) is 0 Å². The second-order valence-corrected chi connectivity index (χ2v) is 7.50. The van der Waals surface area contributed by atoms with E-state index in [1.165, 1.54) is 0 Å². The van der Waals surface area contributed by atoms with Crippen molar-refractivity contribution < 1.29 is 9.53 Å². The van der Waals surface area contributed by atoms with Gasteiger partial charge in [0.25, 0.3) is 5.91 Å². The molecule has 0 aliphatic carbocycles. The number of hydrogen-bond donors (Lipinski definition) is 4. The molecule has 0 bridgehead atoms. The molecule has 0 saturated carbocycles. The normalized spacial score (nSPS) is 16.6. The Morgan fingerprint density at radius 2 is 1.77 bits per heavy atom. The summed E-state index contributed by atoms with van der Waals surface area (Å²) in [5, 5.41) is 20.6. The molecule has 1 aliphatic heterocycles. The Balaban J connectivity index is 1.74. The Bertz CT molecular complexity index is 1020. The number of nitrogens with two attached hydrogens (primary N) is 2. The van der Waals surface area contributed by atoms with Crippen molar-refractivity contribution in [3.8, 4) is 17.7 Å². The molecule has 8 nitrogen and oxygen atoms in total. The Morgan fingerprint density at radius 3 is 2.35 bits per heavy atom. The van der Waals surface area contributed by atoms with E-state index in [1.807, 2.05) is 31.2 Å². The number of nitriles is 1. The summed E-state index contributed by atoms with van der Waals surface area (Å²) in [5.74, 6) is 0.568. The minimum Gasteiger partial charge on any atom is -0.457 e. The fourth-order valence-corrected chi connectivity index (χ4v) is 3.44. The van der Waals surface area contributed by atoms with Gasteiger partial charge in [0, 0.05) is 24.7 Å². The summed E-state index contributed by atoms with van der Waals surface area (Å²) in [5.41, 5.74) is 13.1. The maximum atomic E-state index is 12.1. The van der Waals surface area contributed by atoms with Crippen LogP contribution in [0.4, 0.5) is 0 Å². The molecule has 31 heavy (non-hydrogen) atoms. The van der Waals surface area contributed by atoms with Crippen LogP contribution in [0.5, 0.6) is 11.5 Å². The first-order valence-corrected chi connectivity index (χ1v) is 10.0. The molecule has 3 rings (SSSR count). The summed E-state index contributed by atoms with van der Waals surface area (Å²) in [6.07, 6.45) is 3.77. The van der Waals surface area contributed by atoms with Gasteiger partial charge in [-0.1, -0.05) is 17.7 Å². The van der Waals surface area contributed by atoms with Crippen LogP contribution in [0, 0.1) is 23.8 Å². The molecular formula is C23H26N6O2. The fraction of sp³-hybridized carbons (Fsp3) is 0.261. The van der Waals surface area contributed by atoms with Gasteiger partial charge in [0.15, 0.2) is 6.19 Å². The van der Waals surface area contributed by atoms with Crippen molar-refractivity contribution in [3.63, 3.8) is 0 Å². The van der Waals surface area contributed by atoms with Gasteiger partial charge in [-0.2, -0.15) is 5.26 Å². The lowest BCUT2D eigenvalue weighted by Crippen LogP contribution is -2.46. The number of primary amides is 1. The third kappa shape index (κ3) is 5.54. The molecule has 1 fully saturated rings. The van der Waals surface area contributed by atoms with Crippen LogP contribution in [0.3, 0.4) is 0 Å². The van der Waals surface area contributed by atoms with Gasteiger partial charge in [0.05, 0.1) is 5.71 Å². The number of amides is 1. The summed E-state index contributed by atoms with van der Waals surface area (Å²) in [6, 6.07) is 14.4. The average molecular weight is 419 g/mol. The third-order valence-electron chi connectivity index (χ3n) is 5.09. The fourth-order valence-electron chi connectivity index (χ4n) is 3.44. The highest BCUT2D eigenvalue weighted by Crippen LogP contribution is 2.23. The minimum atomic E-state index is -0.789. The number of ether oxygens (including phenoxy) is 1. The molecule has 8 heteroatoms. The first kappa shape index (κ1) is 21.7. The molecule has 0 spiro atoms. The maximum absolute atomic E-state index is 12.1. The standard InChI is InChI=1S/C23H26N6O2/c1-15-4-8-18(9-5-15)31-19-10-6-16(7-11-19)21(25)20(23(27)30)22(26)28-17-3-2-12-29(13-17)14-24/h4-11,17,25,28H,2-3,12-13,26H2,1H3,(H2,27,30)/b22-20+,25-21?. The Kier molecular flexibility index (Phi) is 6.78. The zero-order valence-electron chi connectivity index (χ0n) is 17.4. The van der Waals surface area contributed by atoms with Crippen LogP contribution in [0.1, 0.15) is 24.0 Å². The van der Waals surface area contributed by atoms with E-state index in [2.05, 4.69) is 11.5 Å². The molecule has 1 unspecified atom stereocenters. The molecule has 1 heterocycles. The van der Waals surface area contributed by atoms with Crippen LogP contribution >= 0.6 is 0 Å². The first-order valence-electron chi connectivity index (χ1n) is 10.0. The summed E-state index contributed by atoms with van der Waals surface area (Å²) in [7, 11) is 0. The number of likely N-dealkylation sites (tertiary alicyclic amines) is 1. The lowest BCUT2D eigenvalue weighted by molar-refractivity contribution is -0.114. The molecule has 0 radical (unpaired) electrons. The number of nitrogens with one attached hydrogen (secondary N) is 2. The van der Waals surface area contributed by atoms with Crippen molar-refractivity contribution in [2.24, 2.45) is 11.5 Å². The monoisotopic (exact) mass is 418 g/mol. The van der Waals surface area contributed by atoms with Crippen molar-refractivity contribution in [2.45, 2.75) is 25.8 Å². The Labute approximate surface area is 181 Å². The predicted molar refractivity (Wildman–Crippen MR) is 118 cm³/mol. The molecular weight excluding hydrogens is 392 g/mol. The SMILES string of the molecule is Cc1ccc(Oc2ccc(C(=N)/C(C(N)=O)=C(/N)NC3CCCN(C#N)C3)cc2)cc1. The van der Waals surface area contributed by atoms with Crippen LogP contribution in [0.2, 0.25) is 0 Å². The lowest BCUT2D eigenvalue weighted by Gasteiger charge is -2.30. The van der Waals surface area contributed by atoms with E-state index in [9.17, 15) is 4.79 Å². The second kappa shape index (κ2) is 9.67. The number of aryl methyl sites for hydroxylation is 1. The van der Waals surface area contributed by atoms with Gasteiger partial charge >= 0.3 is 0 Å². The van der Waals surface area contributed by atoms with E-state index >= 15 is 0 Å². The van der Waals surface area contributed by atoms with E-state index < -0.39 is 5.91 Å². The molecule has 6 N–H and O–H groups in total. The zero-order chi connectivity index (χ0) is 22.4. The molecule has 1 atom stereocenters. The molecule has 160 valence electrons. The number of carbonyl (C=O) groups is 1. The molecule has 1 aliphatic rings. The van der Waals surface area contributed by atoms with Gasteiger partial charge in [-0.05, 0) is 56.2 Å². The van der Waals surface area contributed by atoms with Crippen molar-refractivity contribution in [2.75, 3.05) is 13.1 Å². The third-order valence-corrected chi connectivity index (χ3v) is 5.09. The van der Waals surface area contributed by atoms with Crippen LogP contribution < -0.4 is 21.5 Å². The topological polar surface area (TPSA) is 141 Å². The smallest absolute Gasteiger partial charge is 0.254 e. The zero-order valence-corrected chi connectivity index (χ0v) is 17.4. The maximum Gasteiger partial charge on any atom is 0.254 e. The highest BCUT2D eigenvalue weighted by molar-refractivity contribution is 6.26. The number of piperidine rings is 1. The number of rotatable bonds is 7. The predicted octanol–water partition coefficient (Wildman–Crippen LogP) is 2.35. The highest BCUT2D eigenvalue weighted by atomic mass is 16.5. The molecule has 0 aromatic heterocycles. The Morgan fingerprint density at radius 1 is 1.16 bits per heavy atom. The average Bonchev–Trinajstić information content (AvgIpc) is 2.75. The molecule has 1 amide bonds. The van der Waals surface area contributed by atoms with Gasteiger partial charge in [0.1, 0.15) is 22.9 Å². The lowest BCUT2D eigenvalue weighted by atomic mass is 10.0. The van der Waals surface area contributed by atoms with E-state index in [1.54, 1.807) is 29.2 Å². The summed E-state index contributed by atoms with van der Waals surface area (Å²) < 4.78 is 5.80. The minimum absolute atomic E-state index is 0.0438. The largest absolute Gasteiger partial charge is 0.457 e. The number of nitrogens with zero attached hydrogens (tertiary/aromatic N) is 2.